The lowest BCUT2D eigenvalue weighted by atomic mass is 10.2. The van der Waals surface area contributed by atoms with Crippen molar-refractivity contribution in [2.75, 3.05) is 19.0 Å². The van der Waals surface area contributed by atoms with E-state index in [0.29, 0.717) is 24.0 Å². The molecular formula is C17H18ClNO3. The fourth-order valence-electron chi connectivity index (χ4n) is 1.92. The molecule has 0 saturated heterocycles. The Labute approximate surface area is 135 Å². The van der Waals surface area contributed by atoms with E-state index >= 15 is 0 Å². The summed E-state index contributed by atoms with van der Waals surface area (Å²) in [6.45, 7) is 0.828. The van der Waals surface area contributed by atoms with Crippen LogP contribution in [0.1, 0.15) is 12.0 Å². The smallest absolute Gasteiger partial charge is 0.227 e. The van der Waals surface area contributed by atoms with Crippen LogP contribution in [0, 0.1) is 0 Å². The summed E-state index contributed by atoms with van der Waals surface area (Å²) in [6.07, 6.45) is 0.275. The van der Waals surface area contributed by atoms with Crippen molar-refractivity contribution in [2.24, 2.45) is 0 Å². The maximum absolute atomic E-state index is 11.9. The summed E-state index contributed by atoms with van der Waals surface area (Å²) in [5.74, 6) is 0.600. The predicted molar refractivity (Wildman–Crippen MR) is 87.3 cm³/mol. The topological polar surface area (TPSA) is 47.6 Å². The molecular weight excluding hydrogens is 302 g/mol. The maximum Gasteiger partial charge on any atom is 0.227 e. The number of nitrogens with one attached hydrogen (secondary N) is 1. The van der Waals surface area contributed by atoms with Crippen molar-refractivity contribution in [3.8, 4) is 5.75 Å². The molecule has 0 aliphatic heterocycles. The van der Waals surface area contributed by atoms with Gasteiger partial charge in [-0.1, -0.05) is 23.7 Å². The first kappa shape index (κ1) is 16.3. The molecule has 0 aliphatic rings. The van der Waals surface area contributed by atoms with Crippen molar-refractivity contribution < 1.29 is 14.3 Å². The average Bonchev–Trinajstić information content (AvgIpc) is 2.50. The SMILES string of the molecule is COCc1cccc(NC(=O)CCOc2ccc(Cl)cc2)c1. The minimum Gasteiger partial charge on any atom is -0.493 e. The van der Waals surface area contributed by atoms with E-state index < -0.39 is 0 Å². The van der Waals surface area contributed by atoms with Crippen LogP contribution < -0.4 is 10.1 Å². The number of anilines is 1. The highest BCUT2D eigenvalue weighted by Gasteiger charge is 2.04. The van der Waals surface area contributed by atoms with Gasteiger partial charge in [0.1, 0.15) is 5.75 Å². The first-order chi connectivity index (χ1) is 10.7. The molecule has 0 aromatic heterocycles. The van der Waals surface area contributed by atoms with Gasteiger partial charge in [-0.15, -0.1) is 0 Å². The molecule has 2 rings (SSSR count). The second kappa shape index (κ2) is 8.41. The van der Waals surface area contributed by atoms with E-state index in [1.807, 2.05) is 24.3 Å². The van der Waals surface area contributed by atoms with E-state index in [0.717, 1.165) is 11.3 Å². The van der Waals surface area contributed by atoms with E-state index in [-0.39, 0.29) is 12.3 Å². The van der Waals surface area contributed by atoms with E-state index in [4.69, 9.17) is 21.1 Å². The quantitative estimate of drug-likeness (QED) is 0.842. The fourth-order valence-corrected chi connectivity index (χ4v) is 2.05. The Morgan fingerprint density at radius 1 is 1.18 bits per heavy atom. The highest BCUT2D eigenvalue weighted by Crippen LogP contribution is 2.16. The molecule has 1 N–H and O–H groups in total. The maximum atomic E-state index is 11.9. The molecule has 4 nitrogen and oxygen atoms in total. The first-order valence-corrected chi connectivity index (χ1v) is 7.31. The van der Waals surface area contributed by atoms with Gasteiger partial charge in [-0.2, -0.15) is 0 Å². The summed E-state index contributed by atoms with van der Waals surface area (Å²) < 4.78 is 10.6. The zero-order valence-corrected chi connectivity index (χ0v) is 13.1. The molecule has 5 heteroatoms. The van der Waals surface area contributed by atoms with Gasteiger partial charge < -0.3 is 14.8 Å². The average molecular weight is 320 g/mol. The van der Waals surface area contributed by atoms with Crippen LogP contribution in [-0.4, -0.2) is 19.6 Å². The molecule has 0 spiro atoms. The third-order valence-corrected chi connectivity index (χ3v) is 3.19. The fraction of sp³-hybridized carbons (Fsp3) is 0.235. The minimum absolute atomic E-state index is 0.0940. The summed E-state index contributed by atoms with van der Waals surface area (Å²) in [5, 5.41) is 3.49. The monoisotopic (exact) mass is 319 g/mol. The molecule has 116 valence electrons. The van der Waals surface area contributed by atoms with E-state index in [2.05, 4.69) is 5.32 Å². The van der Waals surface area contributed by atoms with Gasteiger partial charge in [-0.3, -0.25) is 4.79 Å². The third-order valence-electron chi connectivity index (χ3n) is 2.93. The van der Waals surface area contributed by atoms with Gasteiger partial charge in [0.2, 0.25) is 5.91 Å². The number of carbonyl (C=O) groups excluding carboxylic acids is 1. The van der Waals surface area contributed by atoms with Crippen molar-refractivity contribution in [1.82, 2.24) is 0 Å². The number of carbonyl (C=O) groups is 1. The van der Waals surface area contributed by atoms with Crippen molar-refractivity contribution in [2.45, 2.75) is 13.0 Å². The molecule has 0 heterocycles. The Morgan fingerprint density at radius 2 is 1.95 bits per heavy atom. The molecule has 0 unspecified atom stereocenters. The highest BCUT2D eigenvalue weighted by molar-refractivity contribution is 6.30. The Morgan fingerprint density at radius 3 is 2.68 bits per heavy atom. The van der Waals surface area contributed by atoms with Gasteiger partial charge in [0.25, 0.3) is 0 Å². The number of benzene rings is 2. The zero-order chi connectivity index (χ0) is 15.8. The highest BCUT2D eigenvalue weighted by atomic mass is 35.5. The van der Waals surface area contributed by atoms with Crippen LogP contribution in [0.5, 0.6) is 5.75 Å². The molecule has 0 saturated carbocycles. The van der Waals surface area contributed by atoms with Gasteiger partial charge in [0.15, 0.2) is 0 Å². The summed E-state index contributed by atoms with van der Waals surface area (Å²) >= 11 is 5.79. The van der Waals surface area contributed by atoms with Crippen LogP contribution in [0.25, 0.3) is 0 Å². The Hall–Kier alpha value is -2.04. The van der Waals surface area contributed by atoms with Crippen molar-refractivity contribution in [3.05, 3.63) is 59.1 Å². The molecule has 22 heavy (non-hydrogen) atoms. The first-order valence-electron chi connectivity index (χ1n) is 6.93. The van der Waals surface area contributed by atoms with E-state index in [1.165, 1.54) is 0 Å². The Balaban J connectivity index is 1.78. The number of halogens is 1. The van der Waals surface area contributed by atoms with Gasteiger partial charge in [-0.25, -0.2) is 0 Å². The summed E-state index contributed by atoms with van der Waals surface area (Å²) in [5.41, 5.74) is 1.77. The lowest BCUT2D eigenvalue weighted by Crippen LogP contribution is -2.15. The summed E-state index contributed by atoms with van der Waals surface area (Å²) in [6, 6.07) is 14.6. The number of ether oxygens (including phenoxy) is 2. The third kappa shape index (κ3) is 5.39. The van der Waals surface area contributed by atoms with Crippen LogP contribution in [0.4, 0.5) is 5.69 Å². The minimum atomic E-state index is -0.0940. The standard InChI is InChI=1S/C17H18ClNO3/c1-21-12-13-3-2-4-15(11-13)19-17(20)9-10-22-16-7-5-14(18)6-8-16/h2-8,11H,9-10,12H2,1H3,(H,19,20). The van der Waals surface area contributed by atoms with E-state index in [1.54, 1.807) is 31.4 Å². The number of methoxy groups -OCH3 is 1. The molecule has 1 amide bonds. The molecule has 2 aromatic rings. The molecule has 0 atom stereocenters. The Bertz CT molecular complexity index is 614. The van der Waals surface area contributed by atoms with Gasteiger partial charge in [0.05, 0.1) is 19.6 Å². The van der Waals surface area contributed by atoms with Crippen LogP contribution in [0.2, 0.25) is 5.02 Å². The molecule has 2 aromatic carbocycles. The lowest BCUT2D eigenvalue weighted by molar-refractivity contribution is -0.116. The largest absolute Gasteiger partial charge is 0.493 e. The normalized spacial score (nSPS) is 10.3. The van der Waals surface area contributed by atoms with Crippen molar-refractivity contribution in [1.29, 1.82) is 0 Å². The molecule has 0 fully saturated rings. The van der Waals surface area contributed by atoms with Crippen molar-refractivity contribution in [3.63, 3.8) is 0 Å². The van der Waals surface area contributed by atoms with Gasteiger partial charge in [-0.05, 0) is 42.0 Å². The van der Waals surface area contributed by atoms with Crippen LogP contribution in [0.15, 0.2) is 48.5 Å². The van der Waals surface area contributed by atoms with Crippen LogP contribution in [-0.2, 0) is 16.1 Å². The predicted octanol–water partition coefficient (Wildman–Crippen LogP) is 3.89. The van der Waals surface area contributed by atoms with Gasteiger partial charge in [0, 0.05) is 17.8 Å². The lowest BCUT2D eigenvalue weighted by Gasteiger charge is -2.08. The zero-order valence-electron chi connectivity index (χ0n) is 12.3. The Kier molecular flexibility index (Phi) is 6.25. The van der Waals surface area contributed by atoms with Crippen LogP contribution in [0.3, 0.4) is 0 Å². The molecule has 0 aliphatic carbocycles. The molecule has 0 bridgehead atoms. The summed E-state index contributed by atoms with van der Waals surface area (Å²) in [7, 11) is 1.64. The van der Waals surface area contributed by atoms with Gasteiger partial charge >= 0.3 is 0 Å². The second-order valence-electron chi connectivity index (χ2n) is 4.73. The number of hydrogen-bond donors (Lipinski definition) is 1. The number of hydrogen-bond acceptors (Lipinski definition) is 3. The number of amides is 1. The molecule has 0 radical (unpaired) electrons. The van der Waals surface area contributed by atoms with E-state index in [9.17, 15) is 4.79 Å². The number of rotatable bonds is 7. The second-order valence-corrected chi connectivity index (χ2v) is 5.17. The van der Waals surface area contributed by atoms with Crippen molar-refractivity contribution >= 4 is 23.2 Å². The summed E-state index contributed by atoms with van der Waals surface area (Å²) in [4.78, 5) is 11.9. The van der Waals surface area contributed by atoms with Crippen LogP contribution >= 0.6 is 11.6 Å².